The lowest BCUT2D eigenvalue weighted by Gasteiger charge is -2.17. The second-order valence-electron chi connectivity index (χ2n) is 6.05. The molecule has 21 heavy (non-hydrogen) atoms. The fourth-order valence-electron chi connectivity index (χ4n) is 2.02. The quantitative estimate of drug-likeness (QED) is 0.776. The van der Waals surface area contributed by atoms with Gasteiger partial charge in [-0.2, -0.15) is 0 Å². The van der Waals surface area contributed by atoms with Gasteiger partial charge in [-0.05, 0) is 23.8 Å². The lowest BCUT2D eigenvalue weighted by atomic mass is 9.91. The van der Waals surface area contributed by atoms with Crippen LogP contribution in [0.1, 0.15) is 26.5 Å². The first-order valence-corrected chi connectivity index (χ1v) is 7.19. The Bertz CT molecular complexity index is 571. The van der Waals surface area contributed by atoms with Crippen LogP contribution in [0, 0.1) is 0 Å². The summed E-state index contributed by atoms with van der Waals surface area (Å²) in [6.07, 6.45) is 1.93. The average Bonchev–Trinajstić information content (AvgIpc) is 2.47. The maximum absolute atomic E-state index is 5.64. The molecule has 0 saturated carbocycles. The first-order valence-electron chi connectivity index (χ1n) is 7.19. The van der Waals surface area contributed by atoms with Crippen molar-refractivity contribution in [1.82, 2.24) is 4.98 Å². The summed E-state index contributed by atoms with van der Waals surface area (Å²) in [5.41, 5.74) is 3.38. The van der Waals surface area contributed by atoms with Crippen LogP contribution in [-0.4, -0.2) is 25.3 Å². The Hall–Kier alpha value is -1.87. The SMILES string of the molecule is COCCOc1cccc(-c2ccc(C(C)(C)C)nc2)c1. The van der Waals surface area contributed by atoms with Crippen molar-refractivity contribution >= 4 is 0 Å². The topological polar surface area (TPSA) is 31.4 Å². The minimum Gasteiger partial charge on any atom is -0.491 e. The molecule has 0 radical (unpaired) electrons. The lowest BCUT2D eigenvalue weighted by molar-refractivity contribution is 0.146. The van der Waals surface area contributed by atoms with E-state index in [0.29, 0.717) is 13.2 Å². The molecule has 2 aromatic rings. The Morgan fingerprint density at radius 3 is 2.43 bits per heavy atom. The zero-order chi connectivity index (χ0) is 15.3. The first-order chi connectivity index (χ1) is 10.0. The van der Waals surface area contributed by atoms with E-state index in [2.05, 4.69) is 44.0 Å². The van der Waals surface area contributed by atoms with E-state index in [1.165, 1.54) is 0 Å². The largest absolute Gasteiger partial charge is 0.491 e. The Morgan fingerprint density at radius 2 is 1.81 bits per heavy atom. The summed E-state index contributed by atoms with van der Waals surface area (Å²) in [7, 11) is 1.67. The van der Waals surface area contributed by atoms with Crippen LogP contribution >= 0.6 is 0 Å². The van der Waals surface area contributed by atoms with Gasteiger partial charge in [0.2, 0.25) is 0 Å². The number of rotatable bonds is 5. The fourth-order valence-corrected chi connectivity index (χ4v) is 2.02. The van der Waals surface area contributed by atoms with Crippen molar-refractivity contribution in [2.45, 2.75) is 26.2 Å². The van der Waals surface area contributed by atoms with Gasteiger partial charge in [-0.1, -0.05) is 39.0 Å². The molecule has 0 aliphatic rings. The van der Waals surface area contributed by atoms with E-state index in [1.807, 2.05) is 24.4 Å². The summed E-state index contributed by atoms with van der Waals surface area (Å²) >= 11 is 0. The van der Waals surface area contributed by atoms with E-state index in [-0.39, 0.29) is 5.41 Å². The highest BCUT2D eigenvalue weighted by molar-refractivity contribution is 5.64. The van der Waals surface area contributed by atoms with Gasteiger partial charge in [-0.3, -0.25) is 4.98 Å². The summed E-state index contributed by atoms with van der Waals surface area (Å²) in [4.78, 5) is 4.57. The molecule has 0 amide bonds. The Labute approximate surface area is 126 Å². The monoisotopic (exact) mass is 285 g/mol. The molecule has 0 N–H and O–H groups in total. The molecule has 0 atom stereocenters. The van der Waals surface area contributed by atoms with Crippen LogP contribution in [0.3, 0.4) is 0 Å². The molecule has 3 heteroatoms. The van der Waals surface area contributed by atoms with Crippen LogP contribution in [0.4, 0.5) is 0 Å². The second kappa shape index (κ2) is 6.72. The van der Waals surface area contributed by atoms with Gasteiger partial charge in [0.15, 0.2) is 0 Å². The smallest absolute Gasteiger partial charge is 0.120 e. The molecule has 0 spiro atoms. The minimum atomic E-state index is 0.0731. The zero-order valence-corrected chi connectivity index (χ0v) is 13.2. The van der Waals surface area contributed by atoms with Gasteiger partial charge < -0.3 is 9.47 Å². The molecule has 0 aliphatic heterocycles. The Morgan fingerprint density at radius 1 is 1.00 bits per heavy atom. The highest BCUT2D eigenvalue weighted by atomic mass is 16.5. The lowest BCUT2D eigenvalue weighted by Crippen LogP contribution is -2.12. The maximum Gasteiger partial charge on any atom is 0.120 e. The number of hydrogen-bond donors (Lipinski definition) is 0. The maximum atomic E-state index is 5.64. The van der Waals surface area contributed by atoms with E-state index in [4.69, 9.17) is 9.47 Å². The predicted octanol–water partition coefficient (Wildman–Crippen LogP) is 4.07. The highest BCUT2D eigenvalue weighted by Crippen LogP contribution is 2.26. The summed E-state index contributed by atoms with van der Waals surface area (Å²) in [5.74, 6) is 0.851. The van der Waals surface area contributed by atoms with Crippen molar-refractivity contribution < 1.29 is 9.47 Å². The van der Waals surface area contributed by atoms with Crippen LogP contribution in [0.25, 0.3) is 11.1 Å². The molecule has 1 heterocycles. The van der Waals surface area contributed by atoms with Crippen LogP contribution in [0.2, 0.25) is 0 Å². The molecule has 1 aromatic heterocycles. The number of pyridine rings is 1. The second-order valence-corrected chi connectivity index (χ2v) is 6.05. The van der Waals surface area contributed by atoms with Gasteiger partial charge in [0, 0.05) is 30.0 Å². The molecule has 0 unspecified atom stereocenters. The third kappa shape index (κ3) is 4.30. The van der Waals surface area contributed by atoms with Gasteiger partial charge in [0.25, 0.3) is 0 Å². The number of hydrogen-bond acceptors (Lipinski definition) is 3. The van der Waals surface area contributed by atoms with Crippen molar-refractivity contribution in [3.8, 4) is 16.9 Å². The highest BCUT2D eigenvalue weighted by Gasteiger charge is 2.14. The number of benzene rings is 1. The summed E-state index contributed by atoms with van der Waals surface area (Å²) in [5, 5.41) is 0. The van der Waals surface area contributed by atoms with Crippen molar-refractivity contribution in [3.05, 3.63) is 48.3 Å². The molecule has 1 aromatic carbocycles. The number of nitrogens with zero attached hydrogens (tertiary/aromatic N) is 1. The van der Waals surface area contributed by atoms with Crippen LogP contribution in [0.15, 0.2) is 42.6 Å². The third-order valence-electron chi connectivity index (χ3n) is 3.26. The molecule has 3 nitrogen and oxygen atoms in total. The number of ether oxygens (including phenoxy) is 2. The molecule has 112 valence electrons. The summed E-state index contributed by atoms with van der Waals surface area (Å²) in [6.45, 7) is 7.64. The Balaban J connectivity index is 2.16. The van der Waals surface area contributed by atoms with Crippen LogP contribution in [-0.2, 0) is 10.2 Å². The van der Waals surface area contributed by atoms with E-state index in [9.17, 15) is 0 Å². The first kappa shape index (κ1) is 15.5. The molecule has 0 fully saturated rings. The van der Waals surface area contributed by atoms with Gasteiger partial charge >= 0.3 is 0 Å². The normalized spacial score (nSPS) is 11.4. The summed E-state index contributed by atoms with van der Waals surface area (Å²) in [6, 6.07) is 12.3. The minimum absolute atomic E-state index is 0.0731. The Kier molecular flexibility index (Phi) is 4.97. The van der Waals surface area contributed by atoms with E-state index >= 15 is 0 Å². The molecule has 0 aliphatic carbocycles. The van der Waals surface area contributed by atoms with Crippen LogP contribution < -0.4 is 4.74 Å². The van der Waals surface area contributed by atoms with Crippen molar-refractivity contribution in [1.29, 1.82) is 0 Å². The van der Waals surface area contributed by atoms with E-state index in [1.54, 1.807) is 7.11 Å². The van der Waals surface area contributed by atoms with Crippen molar-refractivity contribution in [2.24, 2.45) is 0 Å². The molecule has 0 bridgehead atoms. The standard InChI is InChI=1S/C18H23NO2/c1-18(2,3)17-9-8-15(13-19-17)14-6-5-7-16(12-14)21-11-10-20-4/h5-9,12-13H,10-11H2,1-4H3. The van der Waals surface area contributed by atoms with Gasteiger partial charge in [-0.15, -0.1) is 0 Å². The van der Waals surface area contributed by atoms with E-state index in [0.717, 1.165) is 22.6 Å². The zero-order valence-electron chi connectivity index (χ0n) is 13.2. The van der Waals surface area contributed by atoms with Crippen LogP contribution in [0.5, 0.6) is 5.75 Å². The molecular weight excluding hydrogens is 262 g/mol. The molecule has 2 rings (SSSR count). The van der Waals surface area contributed by atoms with Gasteiger partial charge in [-0.25, -0.2) is 0 Å². The predicted molar refractivity (Wildman–Crippen MR) is 85.7 cm³/mol. The number of methoxy groups -OCH3 is 1. The van der Waals surface area contributed by atoms with E-state index < -0.39 is 0 Å². The third-order valence-corrected chi connectivity index (χ3v) is 3.26. The fraction of sp³-hybridized carbons (Fsp3) is 0.389. The van der Waals surface area contributed by atoms with Gasteiger partial charge in [0.1, 0.15) is 12.4 Å². The van der Waals surface area contributed by atoms with Crippen molar-refractivity contribution in [3.63, 3.8) is 0 Å². The average molecular weight is 285 g/mol. The molecular formula is C18H23NO2. The number of aromatic nitrogens is 1. The molecule has 0 saturated heterocycles. The summed E-state index contributed by atoms with van der Waals surface area (Å²) < 4.78 is 10.6. The van der Waals surface area contributed by atoms with Crippen molar-refractivity contribution in [2.75, 3.05) is 20.3 Å². The van der Waals surface area contributed by atoms with Gasteiger partial charge in [0.05, 0.1) is 6.61 Å².